The summed E-state index contributed by atoms with van der Waals surface area (Å²) in [6.45, 7) is 2.71. The highest BCUT2D eigenvalue weighted by Crippen LogP contribution is 2.20. The molecule has 0 radical (unpaired) electrons. The smallest absolute Gasteiger partial charge is 0.313 e. The average molecular weight is 341 g/mol. The summed E-state index contributed by atoms with van der Waals surface area (Å²) >= 11 is 3.35. The molecule has 108 valence electrons. The zero-order valence-electron chi connectivity index (χ0n) is 11.2. The first kappa shape index (κ1) is 15.0. The van der Waals surface area contributed by atoms with Crippen LogP contribution in [0.3, 0.4) is 0 Å². The lowest BCUT2D eigenvalue weighted by Gasteiger charge is -2.29. The summed E-state index contributed by atoms with van der Waals surface area (Å²) in [5.41, 5.74) is 1.51. The second kappa shape index (κ2) is 6.37. The summed E-state index contributed by atoms with van der Waals surface area (Å²) in [5.74, 6) is -1.17. The van der Waals surface area contributed by atoms with Crippen molar-refractivity contribution in [2.75, 3.05) is 18.4 Å². The first-order valence-electron chi connectivity index (χ1n) is 6.52. The van der Waals surface area contributed by atoms with Gasteiger partial charge in [0.15, 0.2) is 0 Å². The number of benzene rings is 1. The molecule has 0 unspecified atom stereocenters. The molecule has 6 heteroatoms. The third kappa shape index (κ3) is 3.58. The SMILES string of the molecule is Cc1cc(Br)ccc1NC(=O)C(=O)N1CCC(O)CC1. The highest BCUT2D eigenvalue weighted by molar-refractivity contribution is 9.10. The van der Waals surface area contributed by atoms with E-state index in [1.54, 1.807) is 6.07 Å². The number of aliphatic hydroxyl groups excluding tert-OH is 1. The van der Waals surface area contributed by atoms with Crippen molar-refractivity contribution in [2.45, 2.75) is 25.9 Å². The Morgan fingerprint density at radius 1 is 1.35 bits per heavy atom. The molecule has 1 aromatic carbocycles. The molecule has 0 spiro atoms. The summed E-state index contributed by atoms with van der Waals surface area (Å²) < 4.78 is 0.921. The van der Waals surface area contributed by atoms with Crippen molar-refractivity contribution < 1.29 is 14.7 Å². The zero-order chi connectivity index (χ0) is 14.7. The molecule has 1 fully saturated rings. The molecule has 5 nitrogen and oxygen atoms in total. The number of nitrogens with zero attached hydrogens (tertiary/aromatic N) is 1. The fourth-order valence-corrected chi connectivity index (χ4v) is 2.63. The van der Waals surface area contributed by atoms with Gasteiger partial charge in [-0.3, -0.25) is 9.59 Å². The van der Waals surface area contributed by atoms with Gasteiger partial charge in [-0.2, -0.15) is 0 Å². The number of carbonyl (C=O) groups excluding carboxylic acids is 2. The molecule has 1 saturated heterocycles. The summed E-state index contributed by atoms with van der Waals surface area (Å²) in [6, 6.07) is 5.44. The van der Waals surface area contributed by atoms with Crippen LogP contribution in [0.2, 0.25) is 0 Å². The number of hydrogen-bond donors (Lipinski definition) is 2. The highest BCUT2D eigenvalue weighted by Gasteiger charge is 2.26. The number of amides is 2. The minimum Gasteiger partial charge on any atom is -0.393 e. The predicted octanol–water partition coefficient (Wildman–Crippen LogP) is 1.68. The molecule has 2 amide bonds. The minimum absolute atomic E-state index is 0.365. The lowest BCUT2D eigenvalue weighted by Crippen LogP contribution is -2.45. The van der Waals surface area contributed by atoms with Crippen molar-refractivity contribution in [1.29, 1.82) is 0 Å². The van der Waals surface area contributed by atoms with E-state index in [-0.39, 0.29) is 6.10 Å². The molecule has 1 aliphatic heterocycles. The van der Waals surface area contributed by atoms with Gasteiger partial charge in [-0.1, -0.05) is 15.9 Å². The van der Waals surface area contributed by atoms with E-state index < -0.39 is 11.8 Å². The Balaban J connectivity index is 1.99. The van der Waals surface area contributed by atoms with Crippen molar-refractivity contribution in [3.05, 3.63) is 28.2 Å². The second-order valence-electron chi connectivity index (χ2n) is 4.94. The van der Waals surface area contributed by atoms with Gasteiger partial charge in [0.25, 0.3) is 0 Å². The molecular weight excluding hydrogens is 324 g/mol. The second-order valence-corrected chi connectivity index (χ2v) is 5.85. The minimum atomic E-state index is -0.633. The van der Waals surface area contributed by atoms with Crippen molar-refractivity contribution >= 4 is 33.4 Å². The number of rotatable bonds is 1. The predicted molar refractivity (Wildman–Crippen MR) is 79.3 cm³/mol. The van der Waals surface area contributed by atoms with E-state index in [1.807, 2.05) is 19.1 Å². The van der Waals surface area contributed by atoms with Gasteiger partial charge in [0.05, 0.1) is 6.10 Å². The fraction of sp³-hybridized carbons (Fsp3) is 0.429. The largest absolute Gasteiger partial charge is 0.393 e. The van der Waals surface area contributed by atoms with Gasteiger partial charge in [-0.05, 0) is 43.5 Å². The molecule has 0 aliphatic carbocycles. The molecule has 0 saturated carbocycles. The number of carbonyl (C=O) groups is 2. The summed E-state index contributed by atoms with van der Waals surface area (Å²) in [6.07, 6.45) is 0.683. The number of aryl methyl sites for hydroxylation is 1. The van der Waals surface area contributed by atoms with Crippen molar-refractivity contribution in [2.24, 2.45) is 0 Å². The van der Waals surface area contributed by atoms with Gasteiger partial charge in [-0.25, -0.2) is 0 Å². The topological polar surface area (TPSA) is 69.6 Å². The normalized spacial score (nSPS) is 16.1. The molecule has 0 bridgehead atoms. The van der Waals surface area contributed by atoms with Crippen LogP contribution >= 0.6 is 15.9 Å². The molecule has 0 aromatic heterocycles. The average Bonchev–Trinajstić information content (AvgIpc) is 2.42. The number of likely N-dealkylation sites (tertiary alicyclic amines) is 1. The molecule has 1 aromatic rings. The van der Waals surface area contributed by atoms with Crippen LogP contribution in [0.1, 0.15) is 18.4 Å². The number of piperidine rings is 1. The maximum absolute atomic E-state index is 12.0. The Labute approximate surface area is 126 Å². The van der Waals surface area contributed by atoms with Crippen LogP contribution in [-0.4, -0.2) is 41.0 Å². The summed E-state index contributed by atoms with van der Waals surface area (Å²) in [4.78, 5) is 25.4. The van der Waals surface area contributed by atoms with Crippen molar-refractivity contribution in [1.82, 2.24) is 4.90 Å². The standard InChI is InChI=1S/C14H17BrN2O3/c1-9-8-10(15)2-3-12(9)16-13(19)14(20)17-6-4-11(18)5-7-17/h2-3,8,11,18H,4-7H2,1H3,(H,16,19). The number of anilines is 1. The highest BCUT2D eigenvalue weighted by atomic mass is 79.9. The van der Waals surface area contributed by atoms with E-state index in [2.05, 4.69) is 21.2 Å². The molecule has 2 rings (SSSR count). The number of aliphatic hydroxyl groups is 1. The van der Waals surface area contributed by atoms with E-state index in [1.165, 1.54) is 4.90 Å². The van der Waals surface area contributed by atoms with Crippen LogP contribution < -0.4 is 5.32 Å². The quantitative estimate of drug-likeness (QED) is 0.764. The Bertz CT molecular complexity index is 525. The van der Waals surface area contributed by atoms with Gasteiger partial charge >= 0.3 is 11.8 Å². The monoisotopic (exact) mass is 340 g/mol. The zero-order valence-corrected chi connectivity index (χ0v) is 12.8. The molecule has 2 N–H and O–H groups in total. The van der Waals surface area contributed by atoms with Gasteiger partial charge in [0.2, 0.25) is 0 Å². The molecule has 1 aliphatic rings. The van der Waals surface area contributed by atoms with Crippen LogP contribution in [0.25, 0.3) is 0 Å². The number of halogens is 1. The van der Waals surface area contributed by atoms with Crippen LogP contribution in [0, 0.1) is 6.92 Å². The van der Waals surface area contributed by atoms with Crippen molar-refractivity contribution in [3.8, 4) is 0 Å². The molecule has 20 heavy (non-hydrogen) atoms. The van der Waals surface area contributed by atoms with Crippen LogP contribution in [-0.2, 0) is 9.59 Å². The maximum atomic E-state index is 12.0. The first-order valence-corrected chi connectivity index (χ1v) is 7.31. The van der Waals surface area contributed by atoms with E-state index in [0.717, 1.165) is 10.0 Å². The van der Waals surface area contributed by atoms with E-state index in [4.69, 9.17) is 0 Å². The van der Waals surface area contributed by atoms with E-state index in [0.29, 0.717) is 31.6 Å². The Hall–Kier alpha value is -1.40. The Kier molecular flexibility index (Phi) is 4.77. The third-order valence-corrected chi connectivity index (χ3v) is 3.88. The van der Waals surface area contributed by atoms with Gasteiger partial charge in [-0.15, -0.1) is 0 Å². The van der Waals surface area contributed by atoms with Crippen LogP contribution in [0.5, 0.6) is 0 Å². The molecule has 0 atom stereocenters. The molecule has 1 heterocycles. The van der Waals surface area contributed by atoms with Gasteiger partial charge in [0.1, 0.15) is 0 Å². The van der Waals surface area contributed by atoms with Crippen LogP contribution in [0.15, 0.2) is 22.7 Å². The van der Waals surface area contributed by atoms with Crippen LogP contribution in [0.4, 0.5) is 5.69 Å². The van der Waals surface area contributed by atoms with E-state index >= 15 is 0 Å². The summed E-state index contributed by atoms with van der Waals surface area (Å²) in [5, 5.41) is 12.0. The van der Waals surface area contributed by atoms with Crippen molar-refractivity contribution in [3.63, 3.8) is 0 Å². The first-order chi connectivity index (χ1) is 9.47. The van der Waals surface area contributed by atoms with Gasteiger partial charge < -0.3 is 15.3 Å². The Morgan fingerprint density at radius 3 is 2.60 bits per heavy atom. The lowest BCUT2D eigenvalue weighted by atomic mass is 10.1. The van der Waals surface area contributed by atoms with Gasteiger partial charge in [0, 0.05) is 23.2 Å². The third-order valence-electron chi connectivity index (χ3n) is 3.38. The maximum Gasteiger partial charge on any atom is 0.313 e. The lowest BCUT2D eigenvalue weighted by molar-refractivity contribution is -0.144. The Morgan fingerprint density at radius 2 is 2.00 bits per heavy atom. The number of nitrogens with one attached hydrogen (secondary N) is 1. The number of hydrogen-bond acceptors (Lipinski definition) is 3. The molecular formula is C14H17BrN2O3. The summed E-state index contributed by atoms with van der Waals surface area (Å²) in [7, 11) is 0. The van der Waals surface area contributed by atoms with E-state index in [9.17, 15) is 14.7 Å². The fourth-order valence-electron chi connectivity index (χ4n) is 2.16.